The van der Waals surface area contributed by atoms with Gasteiger partial charge < -0.3 is 24.4 Å². The topological polar surface area (TPSA) is 83.6 Å². The summed E-state index contributed by atoms with van der Waals surface area (Å²) in [5.74, 6) is 1.25. The fourth-order valence-electron chi connectivity index (χ4n) is 4.49. The van der Waals surface area contributed by atoms with E-state index in [1.54, 1.807) is 6.92 Å². The normalized spacial score (nSPS) is 21.7. The number of carbonyl (C=O) groups is 2. The number of amides is 2. The molecule has 1 atom stereocenters. The van der Waals surface area contributed by atoms with Crippen LogP contribution >= 0.6 is 0 Å². The van der Waals surface area contributed by atoms with Crippen LogP contribution in [0.1, 0.15) is 25.3 Å². The molecule has 2 saturated heterocycles. The minimum atomic E-state index is -0.400. The molecule has 3 heterocycles. The second-order valence-electron chi connectivity index (χ2n) is 8.21. The lowest BCUT2D eigenvalue weighted by molar-refractivity contribution is -0.141. The van der Waals surface area contributed by atoms with E-state index < -0.39 is 5.97 Å². The number of esters is 1. The van der Waals surface area contributed by atoms with E-state index in [9.17, 15) is 9.59 Å². The van der Waals surface area contributed by atoms with Crippen molar-refractivity contribution in [3.63, 3.8) is 0 Å². The molecule has 2 amide bonds. The number of hydrogen-bond donors (Lipinski definition) is 1. The Labute approximate surface area is 183 Å². The van der Waals surface area contributed by atoms with Crippen LogP contribution < -0.4 is 14.8 Å². The number of hydrogen-bond acceptors (Lipinski definition) is 7. The zero-order chi connectivity index (χ0) is 21.6. The lowest BCUT2D eigenvalue weighted by atomic mass is 10.0. The highest BCUT2D eigenvalue weighted by molar-refractivity contribution is 5.80. The van der Waals surface area contributed by atoms with Crippen LogP contribution in [-0.4, -0.2) is 92.0 Å². The molecule has 0 spiro atoms. The van der Waals surface area contributed by atoms with Gasteiger partial charge in [-0.25, -0.2) is 4.79 Å². The van der Waals surface area contributed by atoms with E-state index in [0.29, 0.717) is 26.0 Å². The molecule has 0 aromatic heterocycles. The van der Waals surface area contributed by atoms with Crippen molar-refractivity contribution >= 4 is 12.0 Å². The molecule has 4 rings (SSSR count). The number of urea groups is 1. The summed E-state index contributed by atoms with van der Waals surface area (Å²) >= 11 is 0. The van der Waals surface area contributed by atoms with Gasteiger partial charge in [0.1, 0.15) is 6.54 Å². The number of nitrogens with one attached hydrogen (secondary N) is 1. The fraction of sp³-hybridized carbons (Fsp3) is 0.636. The van der Waals surface area contributed by atoms with Gasteiger partial charge in [-0.2, -0.15) is 0 Å². The summed E-state index contributed by atoms with van der Waals surface area (Å²) in [7, 11) is 0. The lowest BCUT2D eigenvalue weighted by Crippen LogP contribution is -2.57. The SMILES string of the molecule is CCOC(=O)CNC(=O)N1CCC[C@H](N2CCN(Cc3ccc4c(c3)OCO4)CC2)C1. The van der Waals surface area contributed by atoms with Crippen molar-refractivity contribution in [2.75, 3.05) is 59.2 Å². The summed E-state index contributed by atoms with van der Waals surface area (Å²) in [6.07, 6.45) is 2.08. The molecule has 0 aliphatic carbocycles. The van der Waals surface area contributed by atoms with Crippen LogP contribution in [0.2, 0.25) is 0 Å². The average molecular weight is 433 g/mol. The van der Waals surface area contributed by atoms with Crippen molar-refractivity contribution in [3.05, 3.63) is 23.8 Å². The number of nitrogens with zero attached hydrogens (tertiary/aromatic N) is 3. The van der Waals surface area contributed by atoms with E-state index in [-0.39, 0.29) is 12.6 Å². The number of ether oxygens (including phenoxy) is 3. The highest BCUT2D eigenvalue weighted by atomic mass is 16.7. The number of carbonyl (C=O) groups excluding carboxylic acids is 2. The van der Waals surface area contributed by atoms with Gasteiger partial charge in [0.2, 0.25) is 6.79 Å². The van der Waals surface area contributed by atoms with Crippen molar-refractivity contribution in [2.24, 2.45) is 0 Å². The summed E-state index contributed by atoms with van der Waals surface area (Å²) in [4.78, 5) is 30.7. The van der Waals surface area contributed by atoms with Gasteiger partial charge in [0, 0.05) is 51.9 Å². The van der Waals surface area contributed by atoms with E-state index >= 15 is 0 Å². The fourth-order valence-corrected chi connectivity index (χ4v) is 4.49. The van der Waals surface area contributed by atoms with Crippen LogP contribution in [0.25, 0.3) is 0 Å². The third kappa shape index (κ3) is 5.59. The molecule has 0 saturated carbocycles. The van der Waals surface area contributed by atoms with Crippen LogP contribution in [0, 0.1) is 0 Å². The van der Waals surface area contributed by atoms with Crippen LogP contribution in [0.3, 0.4) is 0 Å². The summed E-state index contributed by atoms with van der Waals surface area (Å²) in [5.41, 5.74) is 1.24. The van der Waals surface area contributed by atoms with Gasteiger partial charge in [-0.05, 0) is 37.5 Å². The molecule has 3 aliphatic rings. The average Bonchev–Trinajstić information content (AvgIpc) is 3.26. The Kier molecular flexibility index (Phi) is 7.14. The van der Waals surface area contributed by atoms with Gasteiger partial charge in [-0.3, -0.25) is 14.6 Å². The third-order valence-electron chi connectivity index (χ3n) is 6.14. The van der Waals surface area contributed by atoms with Crippen LogP contribution in [-0.2, 0) is 16.1 Å². The van der Waals surface area contributed by atoms with Crippen molar-refractivity contribution in [2.45, 2.75) is 32.4 Å². The van der Waals surface area contributed by atoms with Crippen LogP contribution in [0.5, 0.6) is 11.5 Å². The molecule has 0 radical (unpaired) electrons. The second-order valence-corrected chi connectivity index (χ2v) is 8.21. The minimum Gasteiger partial charge on any atom is -0.465 e. The van der Waals surface area contributed by atoms with Crippen molar-refractivity contribution in [1.29, 1.82) is 0 Å². The highest BCUT2D eigenvalue weighted by Crippen LogP contribution is 2.33. The van der Waals surface area contributed by atoms with Crippen molar-refractivity contribution in [3.8, 4) is 11.5 Å². The summed E-state index contributed by atoms with van der Waals surface area (Å²) < 4.78 is 15.7. The standard InChI is InChI=1S/C22H32N4O5/c1-2-29-21(27)13-23-22(28)26-7-3-4-18(15-26)25-10-8-24(9-11-25)14-17-5-6-19-20(12-17)31-16-30-19/h5-6,12,18H,2-4,7-11,13-16H2,1H3,(H,23,28)/t18-/m0/s1. The Morgan fingerprint density at radius 2 is 1.94 bits per heavy atom. The van der Waals surface area contributed by atoms with Gasteiger partial charge >= 0.3 is 12.0 Å². The monoisotopic (exact) mass is 432 g/mol. The molecule has 9 heteroatoms. The first-order valence-corrected chi connectivity index (χ1v) is 11.2. The number of likely N-dealkylation sites (tertiary alicyclic amines) is 1. The summed E-state index contributed by atoms with van der Waals surface area (Å²) in [5, 5.41) is 2.68. The Morgan fingerprint density at radius 3 is 2.74 bits per heavy atom. The number of rotatable bonds is 6. The Bertz CT molecular complexity index is 781. The molecule has 2 fully saturated rings. The molecule has 0 bridgehead atoms. The van der Waals surface area contributed by atoms with Gasteiger partial charge in [-0.15, -0.1) is 0 Å². The van der Waals surface area contributed by atoms with Crippen molar-refractivity contribution < 1.29 is 23.8 Å². The van der Waals surface area contributed by atoms with Crippen molar-refractivity contribution in [1.82, 2.24) is 20.0 Å². The zero-order valence-electron chi connectivity index (χ0n) is 18.2. The Morgan fingerprint density at radius 1 is 1.13 bits per heavy atom. The maximum Gasteiger partial charge on any atom is 0.325 e. The predicted molar refractivity (Wildman–Crippen MR) is 114 cm³/mol. The van der Waals surface area contributed by atoms with E-state index in [1.165, 1.54) is 5.56 Å². The number of piperazine rings is 1. The first-order valence-electron chi connectivity index (χ1n) is 11.2. The zero-order valence-corrected chi connectivity index (χ0v) is 18.2. The maximum atomic E-state index is 12.4. The van der Waals surface area contributed by atoms with E-state index in [4.69, 9.17) is 14.2 Å². The Balaban J connectivity index is 1.22. The quantitative estimate of drug-likeness (QED) is 0.678. The molecule has 0 unspecified atom stereocenters. The van der Waals surface area contributed by atoms with Gasteiger partial charge in [0.25, 0.3) is 0 Å². The number of piperidine rings is 1. The highest BCUT2D eigenvalue weighted by Gasteiger charge is 2.30. The molecule has 1 aromatic carbocycles. The maximum absolute atomic E-state index is 12.4. The largest absolute Gasteiger partial charge is 0.465 e. The minimum absolute atomic E-state index is 0.0770. The number of fused-ring (bicyclic) bond motifs is 1. The molecule has 31 heavy (non-hydrogen) atoms. The smallest absolute Gasteiger partial charge is 0.325 e. The molecule has 1 aromatic rings. The molecular formula is C22H32N4O5. The van der Waals surface area contributed by atoms with E-state index in [1.807, 2.05) is 11.0 Å². The van der Waals surface area contributed by atoms with Gasteiger partial charge in [0.05, 0.1) is 6.61 Å². The second kappa shape index (κ2) is 10.2. The van der Waals surface area contributed by atoms with Gasteiger partial charge in [-0.1, -0.05) is 6.07 Å². The molecular weight excluding hydrogens is 400 g/mol. The molecule has 170 valence electrons. The van der Waals surface area contributed by atoms with Crippen LogP contribution in [0.15, 0.2) is 18.2 Å². The first-order chi connectivity index (χ1) is 15.1. The molecule has 3 aliphatic heterocycles. The summed E-state index contributed by atoms with van der Waals surface area (Å²) in [6, 6.07) is 6.35. The molecule has 9 nitrogen and oxygen atoms in total. The van der Waals surface area contributed by atoms with E-state index in [0.717, 1.165) is 63.6 Å². The van der Waals surface area contributed by atoms with Gasteiger partial charge in [0.15, 0.2) is 11.5 Å². The third-order valence-corrected chi connectivity index (χ3v) is 6.14. The first kappa shape index (κ1) is 21.7. The lowest BCUT2D eigenvalue weighted by Gasteiger charge is -2.43. The number of benzene rings is 1. The Hall–Kier alpha value is -2.52. The van der Waals surface area contributed by atoms with E-state index in [2.05, 4.69) is 27.2 Å². The predicted octanol–water partition coefficient (Wildman–Crippen LogP) is 1.27. The summed E-state index contributed by atoms with van der Waals surface area (Å²) in [6.45, 7) is 8.62. The van der Waals surface area contributed by atoms with Crippen LogP contribution in [0.4, 0.5) is 4.79 Å². The molecule has 1 N–H and O–H groups in total.